The van der Waals surface area contributed by atoms with E-state index in [1.165, 1.54) is 7.11 Å². The zero-order chi connectivity index (χ0) is 24.3. The molecule has 1 unspecified atom stereocenters. The van der Waals surface area contributed by atoms with Crippen LogP contribution in [0.3, 0.4) is 0 Å². The lowest BCUT2D eigenvalue weighted by Gasteiger charge is -2.36. The molecule has 0 spiro atoms. The first-order valence-corrected chi connectivity index (χ1v) is 11.1. The van der Waals surface area contributed by atoms with E-state index in [-0.39, 0.29) is 6.54 Å². The first kappa shape index (κ1) is 23.4. The molecular weight excluding hydrogens is 438 g/mol. The van der Waals surface area contributed by atoms with Crippen LogP contribution in [0.15, 0.2) is 48.5 Å². The van der Waals surface area contributed by atoms with Gasteiger partial charge in [-0.1, -0.05) is 18.2 Å². The molecule has 0 bridgehead atoms. The molecule has 2 fully saturated rings. The Balaban J connectivity index is 1.33. The summed E-state index contributed by atoms with van der Waals surface area (Å²) in [5.74, 6) is 0.389. The molecule has 1 atom stereocenters. The van der Waals surface area contributed by atoms with Gasteiger partial charge in [0.2, 0.25) is 0 Å². The molecular formula is C24H29N5O5. The van der Waals surface area contributed by atoms with Crippen LogP contribution in [0.5, 0.6) is 11.5 Å². The maximum Gasteiger partial charge on any atom is 0.344 e. The topological polar surface area (TPSA) is 103 Å². The number of carbonyl (C=O) groups excluding carboxylic acids is 3. The Hall–Kier alpha value is -3.79. The number of hydrogen-bond acceptors (Lipinski definition) is 7. The first-order chi connectivity index (χ1) is 16.3. The molecule has 2 N–H and O–H groups in total. The maximum atomic E-state index is 13.1. The highest BCUT2D eigenvalue weighted by Gasteiger charge is 2.50. The summed E-state index contributed by atoms with van der Waals surface area (Å²) in [5.41, 5.74) is 2.80. The van der Waals surface area contributed by atoms with E-state index >= 15 is 0 Å². The Morgan fingerprint density at radius 3 is 2.32 bits per heavy atom. The highest BCUT2D eigenvalue weighted by Crippen LogP contribution is 2.30. The van der Waals surface area contributed by atoms with Gasteiger partial charge in [0.15, 0.2) is 0 Å². The largest absolute Gasteiger partial charge is 0.497 e. The fourth-order valence-corrected chi connectivity index (χ4v) is 4.20. The van der Waals surface area contributed by atoms with Crippen molar-refractivity contribution in [2.45, 2.75) is 12.5 Å². The number of nitrogens with one attached hydrogen (secondary N) is 2. The lowest BCUT2D eigenvalue weighted by molar-refractivity contribution is -0.139. The van der Waals surface area contributed by atoms with E-state index in [1.807, 2.05) is 29.2 Å². The lowest BCUT2D eigenvalue weighted by atomic mass is 9.92. The predicted molar refractivity (Wildman–Crippen MR) is 126 cm³/mol. The van der Waals surface area contributed by atoms with Gasteiger partial charge in [0, 0.05) is 37.9 Å². The molecule has 34 heavy (non-hydrogen) atoms. The molecule has 10 heteroatoms. The highest BCUT2D eigenvalue weighted by molar-refractivity contribution is 6.08. The van der Waals surface area contributed by atoms with Gasteiger partial charge < -0.3 is 19.7 Å². The highest BCUT2D eigenvalue weighted by atomic mass is 16.5. The van der Waals surface area contributed by atoms with Crippen LogP contribution in [-0.4, -0.2) is 74.7 Å². The van der Waals surface area contributed by atoms with E-state index in [0.29, 0.717) is 24.4 Å². The molecule has 4 amide bonds. The second-order valence-corrected chi connectivity index (χ2v) is 8.43. The number of urea groups is 1. The van der Waals surface area contributed by atoms with E-state index in [4.69, 9.17) is 9.47 Å². The van der Waals surface area contributed by atoms with E-state index in [1.54, 1.807) is 38.3 Å². The Labute approximate surface area is 198 Å². The summed E-state index contributed by atoms with van der Waals surface area (Å²) in [5, 5.41) is 3.43. The Bertz CT molecular complexity index is 1080. The molecule has 4 rings (SSSR count). The second-order valence-electron chi connectivity index (χ2n) is 8.43. The van der Waals surface area contributed by atoms with Gasteiger partial charge in [0.25, 0.3) is 11.8 Å². The quantitative estimate of drug-likeness (QED) is 0.592. The van der Waals surface area contributed by atoms with E-state index < -0.39 is 23.4 Å². The Kier molecular flexibility index (Phi) is 6.60. The standard InChI is InChI=1S/C24H29N5O5/c1-24(17-6-4-8-19(14-17)33-2)22(31)29(23(32)25-24)26-21(30)16-27-10-12-28(13-11-27)18-7-5-9-20(15-18)34-3/h4-9,14-15H,10-13,16H2,1-3H3,(H,25,32)(H,26,30). The minimum absolute atomic E-state index is 0.0822. The number of ether oxygens (including phenoxy) is 2. The smallest absolute Gasteiger partial charge is 0.344 e. The SMILES string of the molecule is COc1cccc(N2CCN(CC(=O)NN3C(=O)NC(C)(c4cccc(OC)c4)C3=O)CC2)c1. The third-order valence-electron chi connectivity index (χ3n) is 6.23. The van der Waals surface area contributed by atoms with Crippen LogP contribution in [-0.2, 0) is 15.1 Å². The van der Waals surface area contributed by atoms with Gasteiger partial charge in [-0.3, -0.25) is 19.9 Å². The summed E-state index contributed by atoms with van der Waals surface area (Å²) in [6.45, 7) is 4.53. The van der Waals surface area contributed by atoms with Gasteiger partial charge in [-0.2, -0.15) is 5.01 Å². The minimum Gasteiger partial charge on any atom is -0.497 e. The van der Waals surface area contributed by atoms with Crippen molar-refractivity contribution in [2.75, 3.05) is 51.8 Å². The summed E-state index contributed by atoms with van der Waals surface area (Å²) in [6, 6.07) is 14.1. The number of imide groups is 1. The number of amides is 4. The molecule has 2 heterocycles. The number of anilines is 1. The van der Waals surface area contributed by atoms with Crippen molar-refractivity contribution in [2.24, 2.45) is 0 Å². The summed E-state index contributed by atoms with van der Waals surface area (Å²) in [7, 11) is 3.17. The molecule has 2 aliphatic rings. The van der Waals surface area contributed by atoms with Gasteiger partial charge in [-0.25, -0.2) is 4.79 Å². The lowest BCUT2D eigenvalue weighted by Crippen LogP contribution is -2.53. The molecule has 2 saturated heterocycles. The van der Waals surface area contributed by atoms with Crippen molar-refractivity contribution in [3.05, 3.63) is 54.1 Å². The minimum atomic E-state index is -1.30. The zero-order valence-electron chi connectivity index (χ0n) is 19.5. The number of carbonyl (C=O) groups is 3. The van der Waals surface area contributed by atoms with Crippen molar-refractivity contribution in [3.63, 3.8) is 0 Å². The molecule has 2 aliphatic heterocycles. The van der Waals surface area contributed by atoms with Crippen molar-refractivity contribution >= 4 is 23.5 Å². The maximum absolute atomic E-state index is 13.1. The van der Waals surface area contributed by atoms with E-state index in [2.05, 4.69) is 15.6 Å². The van der Waals surface area contributed by atoms with Gasteiger partial charge in [-0.15, -0.1) is 0 Å². The Morgan fingerprint density at radius 1 is 1.00 bits per heavy atom. The summed E-state index contributed by atoms with van der Waals surface area (Å²) in [4.78, 5) is 42.5. The fraction of sp³-hybridized carbons (Fsp3) is 0.375. The molecule has 0 aliphatic carbocycles. The van der Waals surface area contributed by atoms with Crippen molar-refractivity contribution < 1.29 is 23.9 Å². The van der Waals surface area contributed by atoms with Gasteiger partial charge >= 0.3 is 6.03 Å². The van der Waals surface area contributed by atoms with Gasteiger partial charge in [0.05, 0.1) is 20.8 Å². The number of nitrogens with zero attached hydrogens (tertiary/aromatic N) is 3. The van der Waals surface area contributed by atoms with Crippen molar-refractivity contribution in [1.29, 1.82) is 0 Å². The number of rotatable bonds is 7. The van der Waals surface area contributed by atoms with Gasteiger partial charge in [0.1, 0.15) is 17.0 Å². The molecule has 2 aromatic carbocycles. The van der Waals surface area contributed by atoms with Crippen LogP contribution >= 0.6 is 0 Å². The second kappa shape index (κ2) is 9.60. The van der Waals surface area contributed by atoms with E-state index in [0.717, 1.165) is 29.5 Å². The van der Waals surface area contributed by atoms with Crippen LogP contribution in [0.2, 0.25) is 0 Å². The normalized spacial score (nSPS) is 20.8. The average molecular weight is 468 g/mol. The van der Waals surface area contributed by atoms with Crippen LogP contribution in [0.1, 0.15) is 12.5 Å². The van der Waals surface area contributed by atoms with Crippen molar-refractivity contribution in [1.82, 2.24) is 20.7 Å². The number of hydrogen-bond donors (Lipinski definition) is 2. The number of benzene rings is 2. The summed E-state index contributed by atoms with van der Waals surface area (Å²) in [6.07, 6.45) is 0. The van der Waals surface area contributed by atoms with Crippen LogP contribution in [0.25, 0.3) is 0 Å². The third-order valence-corrected chi connectivity index (χ3v) is 6.23. The third kappa shape index (κ3) is 4.62. The number of piperazine rings is 1. The summed E-state index contributed by atoms with van der Waals surface area (Å²) < 4.78 is 10.5. The molecule has 10 nitrogen and oxygen atoms in total. The molecule has 2 aromatic rings. The predicted octanol–water partition coefficient (Wildman–Crippen LogP) is 1.32. The monoisotopic (exact) mass is 467 g/mol. The average Bonchev–Trinajstić information content (AvgIpc) is 3.08. The molecule has 180 valence electrons. The van der Waals surface area contributed by atoms with Crippen LogP contribution in [0.4, 0.5) is 10.5 Å². The zero-order valence-corrected chi connectivity index (χ0v) is 19.5. The Morgan fingerprint density at radius 2 is 1.65 bits per heavy atom. The van der Waals surface area contributed by atoms with Crippen LogP contribution < -0.4 is 25.1 Å². The van der Waals surface area contributed by atoms with Crippen molar-refractivity contribution in [3.8, 4) is 11.5 Å². The van der Waals surface area contributed by atoms with Gasteiger partial charge in [-0.05, 0) is 36.8 Å². The fourth-order valence-electron chi connectivity index (χ4n) is 4.20. The molecule has 0 aromatic heterocycles. The van der Waals surface area contributed by atoms with Crippen LogP contribution in [0, 0.1) is 0 Å². The molecule has 0 saturated carbocycles. The number of methoxy groups -OCH3 is 2. The number of hydrazine groups is 1. The summed E-state index contributed by atoms with van der Waals surface area (Å²) >= 11 is 0. The first-order valence-electron chi connectivity index (χ1n) is 11.1. The van der Waals surface area contributed by atoms with E-state index in [9.17, 15) is 14.4 Å². The molecule has 0 radical (unpaired) electrons.